The van der Waals surface area contributed by atoms with Crippen LogP contribution in [0, 0.1) is 32.1 Å². The second-order valence-corrected chi connectivity index (χ2v) is 15.1. The molecular formula is C35H55N5O14. The first-order valence-corrected chi connectivity index (χ1v) is 18.8. The Hall–Kier alpha value is -2.95. The van der Waals surface area contributed by atoms with Crippen molar-refractivity contribution in [2.45, 2.75) is 145 Å². The van der Waals surface area contributed by atoms with Gasteiger partial charge in [-0.05, 0) is 31.8 Å². The number of nitroso groups, excluding NO2 is 1. The zero-order valence-electron chi connectivity index (χ0n) is 30.6. The van der Waals surface area contributed by atoms with Crippen molar-refractivity contribution in [2.24, 2.45) is 22.7 Å². The molecular weight excluding hydrogens is 714 g/mol. The molecule has 3 heterocycles. The van der Waals surface area contributed by atoms with Crippen LogP contribution in [0.1, 0.15) is 65.2 Å². The van der Waals surface area contributed by atoms with Gasteiger partial charge in [0.15, 0.2) is 12.4 Å². The second kappa shape index (κ2) is 18.8. The summed E-state index contributed by atoms with van der Waals surface area (Å²) in [7, 11) is 0. The van der Waals surface area contributed by atoms with E-state index in [0.29, 0.717) is 12.0 Å². The lowest BCUT2D eigenvalue weighted by Crippen LogP contribution is -3.21. The SMILES string of the molecule is C=C(O)C(CC1CCCCC1)OC1C(N)C(CN=O)[NH+]([O-])C(OC2COC(CNC(=O)C3=CC=C([N+](=O)[O-])CC3)C2OC2OC(C)C(O)C(O)C2C)C1O. The van der Waals surface area contributed by atoms with Crippen molar-refractivity contribution in [1.82, 2.24) is 5.32 Å². The Kier molecular flexibility index (Phi) is 14.7. The average molecular weight is 770 g/mol. The van der Waals surface area contributed by atoms with Crippen LogP contribution in [0.15, 0.2) is 40.9 Å². The molecule has 3 aliphatic heterocycles. The van der Waals surface area contributed by atoms with E-state index in [1.54, 1.807) is 13.8 Å². The predicted molar refractivity (Wildman–Crippen MR) is 189 cm³/mol. The van der Waals surface area contributed by atoms with Gasteiger partial charge in [0.25, 0.3) is 0 Å². The molecule has 2 aliphatic carbocycles. The second-order valence-electron chi connectivity index (χ2n) is 15.1. The van der Waals surface area contributed by atoms with Gasteiger partial charge in [0, 0.05) is 30.5 Å². The van der Waals surface area contributed by atoms with Crippen LogP contribution in [0.5, 0.6) is 0 Å². The van der Waals surface area contributed by atoms with Gasteiger partial charge in [-0.1, -0.05) is 50.8 Å². The highest BCUT2D eigenvalue weighted by molar-refractivity contribution is 5.94. The molecule has 304 valence electrons. The van der Waals surface area contributed by atoms with Crippen molar-refractivity contribution in [3.8, 4) is 0 Å². The van der Waals surface area contributed by atoms with E-state index in [1.165, 1.54) is 12.2 Å². The number of carbonyl (C=O) groups excluding carboxylic acids is 1. The van der Waals surface area contributed by atoms with E-state index in [9.17, 15) is 45.4 Å². The molecule has 5 aliphatic rings. The Morgan fingerprint density at radius 1 is 1.13 bits per heavy atom. The maximum Gasteiger partial charge on any atom is 0.247 e. The summed E-state index contributed by atoms with van der Waals surface area (Å²) in [5, 5.41) is 73.2. The quantitative estimate of drug-likeness (QED) is 0.0367. The fraction of sp³-hybridized carbons (Fsp3) is 0.800. The van der Waals surface area contributed by atoms with Gasteiger partial charge < -0.3 is 65.4 Å². The summed E-state index contributed by atoms with van der Waals surface area (Å²) >= 11 is 0. The van der Waals surface area contributed by atoms with E-state index in [-0.39, 0.29) is 43.4 Å². The number of hydrogen-bond acceptors (Lipinski definition) is 16. The first kappa shape index (κ1) is 42.2. The van der Waals surface area contributed by atoms with Gasteiger partial charge in [0.05, 0.1) is 29.8 Å². The largest absolute Gasteiger partial charge is 0.632 e. The maximum atomic E-state index is 13.9. The molecule has 0 bridgehead atoms. The first-order chi connectivity index (χ1) is 25.7. The van der Waals surface area contributed by atoms with Crippen LogP contribution in [0.4, 0.5) is 0 Å². The number of aliphatic hydroxyl groups is 4. The van der Waals surface area contributed by atoms with Crippen LogP contribution >= 0.6 is 0 Å². The number of piperidine rings is 1. The number of quaternary nitrogens is 1. The third-order valence-corrected chi connectivity index (χ3v) is 11.5. The number of nitrogens with one attached hydrogen (secondary N) is 2. The summed E-state index contributed by atoms with van der Waals surface area (Å²) in [6, 6.07) is -2.38. The molecule has 3 saturated heterocycles. The fourth-order valence-electron chi connectivity index (χ4n) is 8.05. The number of carbonyl (C=O) groups is 1. The Bertz CT molecular complexity index is 1400. The molecule has 0 radical (unpaired) electrons. The minimum atomic E-state index is -1.67. The lowest BCUT2D eigenvalue weighted by molar-refractivity contribution is -0.938. The molecule has 19 heteroatoms. The Morgan fingerprint density at radius 3 is 2.48 bits per heavy atom. The number of allylic oxidation sites excluding steroid dienone is 3. The third kappa shape index (κ3) is 9.70. The third-order valence-electron chi connectivity index (χ3n) is 11.5. The van der Waals surface area contributed by atoms with Gasteiger partial charge in [-0.15, -0.1) is 0 Å². The number of hydrogen-bond donors (Lipinski definition) is 7. The van der Waals surface area contributed by atoms with Gasteiger partial charge >= 0.3 is 0 Å². The molecule has 4 fully saturated rings. The predicted octanol–water partition coefficient (Wildman–Crippen LogP) is -0.403. The smallest absolute Gasteiger partial charge is 0.247 e. The Balaban J connectivity index is 1.36. The van der Waals surface area contributed by atoms with Gasteiger partial charge in [-0.2, -0.15) is 4.91 Å². The number of amides is 1. The number of ether oxygens (including phenoxy) is 5. The number of nitrogens with zero attached hydrogens (tertiary/aromatic N) is 2. The topological polar surface area (TPSA) is 282 Å². The van der Waals surface area contributed by atoms with E-state index >= 15 is 0 Å². The van der Waals surface area contributed by atoms with E-state index in [2.05, 4.69) is 17.1 Å². The number of nitrogens with two attached hydrogens (primary N) is 1. The van der Waals surface area contributed by atoms with Gasteiger partial charge in [0.1, 0.15) is 55.0 Å². The Morgan fingerprint density at radius 2 is 1.85 bits per heavy atom. The average Bonchev–Trinajstić information content (AvgIpc) is 3.53. The van der Waals surface area contributed by atoms with Crippen molar-refractivity contribution < 1.29 is 58.9 Å². The molecule has 0 spiro atoms. The lowest BCUT2D eigenvalue weighted by Gasteiger charge is -2.50. The van der Waals surface area contributed by atoms with Crippen LogP contribution in [0.25, 0.3) is 0 Å². The van der Waals surface area contributed by atoms with Crippen LogP contribution in [-0.4, -0.2) is 130 Å². The van der Waals surface area contributed by atoms with Crippen molar-refractivity contribution >= 4 is 5.91 Å². The van der Waals surface area contributed by atoms with Crippen LogP contribution in [0.3, 0.4) is 0 Å². The number of aliphatic hydroxyl groups excluding tert-OH is 4. The molecule has 0 aromatic heterocycles. The fourth-order valence-corrected chi connectivity index (χ4v) is 8.05. The zero-order valence-corrected chi connectivity index (χ0v) is 30.6. The molecule has 8 N–H and O–H groups in total. The summed E-state index contributed by atoms with van der Waals surface area (Å²) in [4.78, 5) is 35.1. The summed E-state index contributed by atoms with van der Waals surface area (Å²) in [5.74, 6) is -1.24. The van der Waals surface area contributed by atoms with Crippen molar-refractivity contribution in [3.63, 3.8) is 0 Å². The zero-order chi connectivity index (χ0) is 39.3. The molecule has 19 nitrogen and oxygen atoms in total. The molecule has 15 unspecified atom stereocenters. The summed E-state index contributed by atoms with van der Waals surface area (Å²) in [6.45, 7) is 6.01. The van der Waals surface area contributed by atoms with Crippen LogP contribution < -0.4 is 16.1 Å². The van der Waals surface area contributed by atoms with Crippen molar-refractivity contribution in [3.05, 3.63) is 56.0 Å². The number of rotatable bonds is 15. The van der Waals surface area contributed by atoms with E-state index < -0.39 is 108 Å². The molecule has 5 rings (SSSR count). The normalized spacial score (nSPS) is 39.6. The van der Waals surface area contributed by atoms with E-state index in [4.69, 9.17) is 29.4 Å². The van der Waals surface area contributed by atoms with Crippen molar-refractivity contribution in [2.75, 3.05) is 19.7 Å². The van der Waals surface area contributed by atoms with Gasteiger partial charge in [-0.3, -0.25) is 14.9 Å². The van der Waals surface area contributed by atoms with Crippen LogP contribution in [-0.2, 0) is 28.5 Å². The molecule has 0 aromatic carbocycles. The molecule has 1 amide bonds. The lowest BCUT2D eigenvalue weighted by atomic mass is 9.85. The Labute approximate surface area is 313 Å². The highest BCUT2D eigenvalue weighted by atomic mass is 16.7. The highest BCUT2D eigenvalue weighted by Gasteiger charge is 2.54. The minimum Gasteiger partial charge on any atom is -0.632 e. The van der Waals surface area contributed by atoms with E-state index in [1.807, 2.05) is 0 Å². The van der Waals surface area contributed by atoms with Gasteiger partial charge in [-0.25, -0.2) is 0 Å². The minimum absolute atomic E-state index is 0.0116. The summed E-state index contributed by atoms with van der Waals surface area (Å²) in [5.41, 5.74) is 6.76. The first-order valence-electron chi connectivity index (χ1n) is 18.8. The van der Waals surface area contributed by atoms with E-state index in [0.717, 1.165) is 32.1 Å². The monoisotopic (exact) mass is 769 g/mol. The standard InChI is InChI=1S/C35H55N5O14/c1-17-28(42)29(43)19(3)51-35(17)54-31-25(15-37-33(45)21-9-11-22(12-10-21)40(48)49)50-16-26(31)53-34-30(44)32(27(36)23(14-38-46)39(34)47)52-24(18(2)41)13-20-7-5-4-6-8-20/h9,11,17,19-20,23-32,34-35,39,41-44H,2,4-8,10,12-16,36H2,1,3H3,(H,37,45). The summed E-state index contributed by atoms with van der Waals surface area (Å²) in [6.07, 6.45) is -4.48. The molecule has 54 heavy (non-hydrogen) atoms. The number of nitro groups is 1. The molecule has 0 aromatic rings. The van der Waals surface area contributed by atoms with Crippen molar-refractivity contribution in [1.29, 1.82) is 0 Å². The van der Waals surface area contributed by atoms with Gasteiger partial charge in [0.2, 0.25) is 17.8 Å². The maximum absolute atomic E-state index is 13.9. The van der Waals surface area contributed by atoms with Crippen LogP contribution in [0.2, 0.25) is 0 Å². The summed E-state index contributed by atoms with van der Waals surface area (Å²) < 4.78 is 30.8. The molecule has 1 saturated carbocycles. The molecule has 15 atom stereocenters. The number of hydroxylamine groups is 2. The highest BCUT2D eigenvalue weighted by Crippen LogP contribution is 2.34.